The summed E-state index contributed by atoms with van der Waals surface area (Å²) in [7, 11) is 0. The molecule has 0 fully saturated rings. The van der Waals surface area contributed by atoms with Gasteiger partial charge in [-0.15, -0.1) is 0 Å². The molecule has 0 saturated carbocycles. The van der Waals surface area contributed by atoms with Crippen molar-refractivity contribution >= 4 is 38.1 Å². The van der Waals surface area contributed by atoms with Gasteiger partial charge in [-0.2, -0.15) is 0 Å². The van der Waals surface area contributed by atoms with Gasteiger partial charge in [0.05, 0.1) is 12.2 Å². The maximum atomic E-state index is 10.6. The molecule has 1 rings (SSSR count). The lowest BCUT2D eigenvalue weighted by atomic mass is 10.2. The Hall–Kier alpha value is -0.350. The van der Waals surface area contributed by atoms with Crippen LogP contribution in [0.5, 0.6) is 5.75 Å². The van der Waals surface area contributed by atoms with Gasteiger partial charge >= 0.3 is 0 Å². The molecule has 0 aliphatic carbocycles. The van der Waals surface area contributed by atoms with E-state index < -0.39 is 0 Å². The molecule has 0 unspecified atom stereocenters. The number of hydrogen-bond acceptors (Lipinski definition) is 2. The Morgan fingerprint density at radius 2 is 2.23 bits per heavy atom. The molecular weight excluding hydrogens is 300 g/mol. The molecule has 0 aliphatic heterocycles. The van der Waals surface area contributed by atoms with Crippen LogP contribution < -0.4 is 4.74 Å². The van der Waals surface area contributed by atoms with E-state index in [1.54, 1.807) is 12.1 Å². The zero-order valence-electron chi connectivity index (χ0n) is 6.80. The number of aldehydes is 1. The minimum Gasteiger partial charge on any atom is -0.492 e. The number of ether oxygens (including phenoxy) is 1. The molecular formula is C9H8Br2O2. The van der Waals surface area contributed by atoms with Gasteiger partial charge in [0.25, 0.3) is 0 Å². The predicted octanol–water partition coefficient (Wildman–Crippen LogP) is 3.04. The Morgan fingerprint density at radius 3 is 2.85 bits per heavy atom. The summed E-state index contributed by atoms with van der Waals surface area (Å²) in [6.07, 6.45) is 0.788. The van der Waals surface area contributed by atoms with E-state index in [-0.39, 0.29) is 0 Å². The molecule has 1 aromatic rings. The first-order valence-electron chi connectivity index (χ1n) is 3.71. The summed E-state index contributed by atoms with van der Waals surface area (Å²) in [6.45, 7) is 0.553. The van der Waals surface area contributed by atoms with Crippen LogP contribution in [0, 0.1) is 0 Å². The number of benzene rings is 1. The molecule has 0 radical (unpaired) electrons. The molecule has 0 aromatic heterocycles. The predicted molar refractivity (Wildman–Crippen MR) is 58.8 cm³/mol. The molecule has 0 heterocycles. The highest BCUT2D eigenvalue weighted by molar-refractivity contribution is 9.10. The van der Waals surface area contributed by atoms with E-state index in [0.29, 0.717) is 17.9 Å². The van der Waals surface area contributed by atoms with Gasteiger partial charge in [0.1, 0.15) is 5.75 Å². The van der Waals surface area contributed by atoms with Gasteiger partial charge in [0.15, 0.2) is 6.29 Å². The minimum absolute atomic E-state index is 0.553. The first-order valence-corrected chi connectivity index (χ1v) is 5.63. The van der Waals surface area contributed by atoms with Crippen LogP contribution in [0.15, 0.2) is 22.7 Å². The van der Waals surface area contributed by atoms with E-state index >= 15 is 0 Å². The molecule has 0 spiro atoms. The van der Waals surface area contributed by atoms with Crippen LogP contribution in [0.2, 0.25) is 0 Å². The molecule has 0 aliphatic rings. The lowest BCUT2D eigenvalue weighted by molar-refractivity contribution is 0.112. The van der Waals surface area contributed by atoms with Gasteiger partial charge in [-0.05, 0) is 18.2 Å². The third-order valence-corrected chi connectivity index (χ3v) is 2.25. The van der Waals surface area contributed by atoms with Crippen LogP contribution in [-0.2, 0) is 0 Å². The molecule has 2 nitrogen and oxygen atoms in total. The lowest BCUT2D eigenvalue weighted by Crippen LogP contribution is -2.00. The highest BCUT2D eigenvalue weighted by Crippen LogP contribution is 2.22. The van der Waals surface area contributed by atoms with Crippen molar-refractivity contribution < 1.29 is 9.53 Å². The van der Waals surface area contributed by atoms with E-state index in [4.69, 9.17) is 4.74 Å². The number of halogens is 2. The zero-order chi connectivity index (χ0) is 9.68. The monoisotopic (exact) mass is 306 g/mol. The van der Waals surface area contributed by atoms with Gasteiger partial charge in [-0.3, -0.25) is 4.79 Å². The molecule has 0 saturated heterocycles. The number of carbonyl (C=O) groups is 1. The first-order chi connectivity index (χ1) is 6.27. The Bertz CT molecular complexity index is 300. The van der Waals surface area contributed by atoms with Gasteiger partial charge < -0.3 is 4.74 Å². The largest absolute Gasteiger partial charge is 0.492 e. The van der Waals surface area contributed by atoms with Crippen molar-refractivity contribution in [2.24, 2.45) is 0 Å². The smallest absolute Gasteiger partial charge is 0.153 e. The zero-order valence-corrected chi connectivity index (χ0v) is 9.97. The highest BCUT2D eigenvalue weighted by atomic mass is 79.9. The molecule has 13 heavy (non-hydrogen) atoms. The fraction of sp³-hybridized carbons (Fsp3) is 0.222. The second kappa shape index (κ2) is 5.40. The van der Waals surface area contributed by atoms with Crippen molar-refractivity contribution in [2.75, 3.05) is 11.9 Å². The third-order valence-electron chi connectivity index (χ3n) is 1.44. The quantitative estimate of drug-likeness (QED) is 0.631. The summed E-state index contributed by atoms with van der Waals surface area (Å²) >= 11 is 6.56. The second-order valence-electron chi connectivity index (χ2n) is 2.34. The fourth-order valence-electron chi connectivity index (χ4n) is 0.879. The van der Waals surface area contributed by atoms with Crippen molar-refractivity contribution in [1.82, 2.24) is 0 Å². The fourth-order valence-corrected chi connectivity index (χ4v) is 1.38. The summed E-state index contributed by atoms with van der Waals surface area (Å²) in [5, 5.41) is 0.748. The topological polar surface area (TPSA) is 26.3 Å². The molecule has 4 heteroatoms. The van der Waals surface area contributed by atoms with E-state index in [1.165, 1.54) is 0 Å². The Balaban J connectivity index is 2.87. The van der Waals surface area contributed by atoms with Crippen LogP contribution in [-0.4, -0.2) is 18.2 Å². The second-order valence-corrected chi connectivity index (χ2v) is 4.05. The average molecular weight is 308 g/mol. The summed E-state index contributed by atoms with van der Waals surface area (Å²) in [6, 6.07) is 5.32. The van der Waals surface area contributed by atoms with Crippen molar-refractivity contribution in [3.8, 4) is 5.75 Å². The number of alkyl halides is 1. The summed E-state index contributed by atoms with van der Waals surface area (Å²) in [5.41, 5.74) is 0.573. The van der Waals surface area contributed by atoms with Crippen LogP contribution in [0.3, 0.4) is 0 Å². The molecule has 0 N–H and O–H groups in total. The van der Waals surface area contributed by atoms with Crippen LogP contribution >= 0.6 is 31.9 Å². The molecule has 0 amide bonds. The maximum Gasteiger partial charge on any atom is 0.153 e. The number of hydrogen-bond donors (Lipinski definition) is 0. The van der Waals surface area contributed by atoms with Crippen molar-refractivity contribution in [3.05, 3.63) is 28.2 Å². The highest BCUT2D eigenvalue weighted by Gasteiger charge is 2.02. The number of carbonyl (C=O) groups excluding carboxylic acids is 1. The van der Waals surface area contributed by atoms with Crippen LogP contribution in [0.25, 0.3) is 0 Å². The van der Waals surface area contributed by atoms with Crippen molar-refractivity contribution in [1.29, 1.82) is 0 Å². The van der Waals surface area contributed by atoms with E-state index in [9.17, 15) is 4.79 Å². The van der Waals surface area contributed by atoms with Crippen LogP contribution in [0.4, 0.5) is 0 Å². The first kappa shape index (κ1) is 10.7. The maximum absolute atomic E-state index is 10.6. The standard InChI is InChI=1S/C9H8Br2O2/c10-3-4-13-9-5-8(11)2-1-7(9)6-12/h1-2,5-6H,3-4H2. The normalized spacial score (nSPS) is 9.69. The third kappa shape index (κ3) is 3.12. The van der Waals surface area contributed by atoms with E-state index in [1.807, 2.05) is 6.07 Å². The molecule has 0 atom stereocenters. The van der Waals surface area contributed by atoms with Gasteiger partial charge in [-0.25, -0.2) is 0 Å². The summed E-state index contributed by atoms with van der Waals surface area (Å²) < 4.78 is 6.26. The Kier molecular flexibility index (Phi) is 4.45. The summed E-state index contributed by atoms with van der Waals surface area (Å²) in [5.74, 6) is 0.615. The number of rotatable bonds is 4. The summed E-state index contributed by atoms with van der Waals surface area (Å²) in [4.78, 5) is 10.6. The van der Waals surface area contributed by atoms with Gasteiger partial charge in [-0.1, -0.05) is 31.9 Å². The molecule has 0 bridgehead atoms. The van der Waals surface area contributed by atoms with Crippen LogP contribution in [0.1, 0.15) is 10.4 Å². The molecule has 1 aromatic carbocycles. The minimum atomic E-state index is 0.553. The van der Waals surface area contributed by atoms with Gasteiger partial charge in [0.2, 0.25) is 0 Å². The molecule has 70 valence electrons. The van der Waals surface area contributed by atoms with E-state index in [2.05, 4.69) is 31.9 Å². The van der Waals surface area contributed by atoms with Crippen molar-refractivity contribution in [2.45, 2.75) is 0 Å². The SMILES string of the molecule is O=Cc1ccc(Br)cc1OCCBr. The average Bonchev–Trinajstić information content (AvgIpc) is 2.15. The Morgan fingerprint density at radius 1 is 1.46 bits per heavy atom. The lowest BCUT2D eigenvalue weighted by Gasteiger charge is -2.06. The Labute approximate surface area is 93.5 Å². The van der Waals surface area contributed by atoms with Crippen molar-refractivity contribution in [3.63, 3.8) is 0 Å². The van der Waals surface area contributed by atoms with E-state index in [0.717, 1.165) is 16.1 Å². The van der Waals surface area contributed by atoms with Gasteiger partial charge in [0, 0.05) is 9.80 Å².